The molecule has 14 nitrogen and oxygen atoms in total. The number of aromatic nitrogens is 5. The molecule has 6 heterocycles. The first-order chi connectivity index (χ1) is 21.3. The summed E-state index contributed by atoms with van der Waals surface area (Å²) in [5.41, 5.74) is 2.35. The predicted molar refractivity (Wildman–Crippen MR) is 162 cm³/mol. The normalized spacial score (nSPS) is 21.1. The van der Waals surface area contributed by atoms with Crippen LogP contribution < -0.4 is 10.2 Å². The van der Waals surface area contributed by atoms with Gasteiger partial charge in [-0.05, 0) is 44.2 Å². The number of nitrogens with zero attached hydrogens (tertiary/aromatic N) is 10. The van der Waals surface area contributed by atoms with Gasteiger partial charge >= 0.3 is 0 Å². The third-order valence-electron chi connectivity index (χ3n) is 8.70. The van der Waals surface area contributed by atoms with Gasteiger partial charge in [0.05, 0.1) is 28.0 Å². The SMILES string of the molecule is CN1CCN(C(=O)Cn2cc(Nc3nc4c(N5CC6CCC(C5)N6S(=O)(=O)c5ccccc5C#N)cccn4n3)cn2)CC1. The number of benzene rings is 1. The molecule has 3 aliphatic rings. The second-order valence-corrected chi connectivity index (χ2v) is 13.4. The number of sulfonamides is 1. The zero-order chi connectivity index (χ0) is 30.4. The summed E-state index contributed by atoms with van der Waals surface area (Å²) in [5, 5.41) is 21.7. The van der Waals surface area contributed by atoms with Gasteiger partial charge in [0.2, 0.25) is 21.9 Å². The Morgan fingerprint density at radius 2 is 1.82 bits per heavy atom. The molecule has 2 unspecified atom stereocenters. The minimum Gasteiger partial charge on any atom is -0.365 e. The number of hydrogen-bond acceptors (Lipinski definition) is 10. The number of piperazine rings is 2. The van der Waals surface area contributed by atoms with Gasteiger partial charge in [-0.3, -0.25) is 9.48 Å². The van der Waals surface area contributed by atoms with Crippen molar-refractivity contribution in [3.05, 3.63) is 60.6 Å². The maximum absolute atomic E-state index is 13.7. The van der Waals surface area contributed by atoms with Crippen molar-refractivity contribution in [2.24, 2.45) is 0 Å². The van der Waals surface area contributed by atoms with Crippen LogP contribution in [0.2, 0.25) is 0 Å². The molecule has 0 aliphatic carbocycles. The lowest BCUT2D eigenvalue weighted by Gasteiger charge is -2.41. The molecule has 3 aromatic heterocycles. The summed E-state index contributed by atoms with van der Waals surface area (Å²) < 4.78 is 32.3. The molecular formula is C29H33N11O3S. The molecule has 1 amide bonds. The number of nitriles is 1. The van der Waals surface area contributed by atoms with E-state index in [9.17, 15) is 18.5 Å². The van der Waals surface area contributed by atoms with Crippen LogP contribution in [-0.4, -0.2) is 111 Å². The summed E-state index contributed by atoms with van der Waals surface area (Å²) in [7, 11) is -1.77. The Kier molecular flexibility index (Phi) is 7.19. The molecule has 15 heteroatoms. The van der Waals surface area contributed by atoms with Crippen molar-refractivity contribution in [1.82, 2.24) is 38.5 Å². The molecule has 228 valence electrons. The van der Waals surface area contributed by atoms with Crippen LogP contribution in [0.15, 0.2) is 59.9 Å². The van der Waals surface area contributed by atoms with Crippen molar-refractivity contribution in [2.75, 3.05) is 56.5 Å². The van der Waals surface area contributed by atoms with Gasteiger partial charge in [-0.1, -0.05) is 12.1 Å². The largest absolute Gasteiger partial charge is 0.365 e. The van der Waals surface area contributed by atoms with Crippen molar-refractivity contribution in [1.29, 1.82) is 5.26 Å². The molecule has 7 rings (SSSR count). The van der Waals surface area contributed by atoms with Gasteiger partial charge < -0.3 is 20.0 Å². The molecule has 1 N–H and O–H groups in total. The number of nitrogens with one attached hydrogen (secondary N) is 1. The van der Waals surface area contributed by atoms with Crippen molar-refractivity contribution in [2.45, 2.75) is 36.4 Å². The topological polar surface area (TPSA) is 148 Å². The highest BCUT2D eigenvalue weighted by Gasteiger charge is 2.47. The van der Waals surface area contributed by atoms with Crippen molar-refractivity contribution < 1.29 is 13.2 Å². The summed E-state index contributed by atoms with van der Waals surface area (Å²) in [4.78, 5) is 23.8. The zero-order valence-electron chi connectivity index (χ0n) is 24.3. The molecule has 3 aliphatic heterocycles. The van der Waals surface area contributed by atoms with Crippen LogP contribution in [0.25, 0.3) is 5.65 Å². The van der Waals surface area contributed by atoms with Crippen LogP contribution in [-0.2, 0) is 21.4 Å². The minimum absolute atomic E-state index is 0.0411. The van der Waals surface area contributed by atoms with Crippen molar-refractivity contribution in [3.63, 3.8) is 0 Å². The van der Waals surface area contributed by atoms with Gasteiger partial charge in [0.15, 0.2) is 5.65 Å². The number of rotatable bonds is 7. The van der Waals surface area contributed by atoms with Gasteiger partial charge in [0, 0.05) is 63.7 Å². The number of carbonyl (C=O) groups is 1. The highest BCUT2D eigenvalue weighted by atomic mass is 32.2. The second-order valence-electron chi connectivity index (χ2n) is 11.6. The van der Waals surface area contributed by atoms with Crippen LogP contribution in [0.1, 0.15) is 18.4 Å². The summed E-state index contributed by atoms with van der Waals surface area (Å²) in [5.74, 6) is 0.430. The summed E-state index contributed by atoms with van der Waals surface area (Å²) in [6.07, 6.45) is 6.73. The molecule has 0 saturated carbocycles. The van der Waals surface area contributed by atoms with Crippen LogP contribution in [0.5, 0.6) is 0 Å². The Bertz CT molecular complexity index is 1840. The third kappa shape index (κ3) is 5.14. The predicted octanol–water partition coefficient (Wildman–Crippen LogP) is 1.36. The van der Waals surface area contributed by atoms with E-state index >= 15 is 0 Å². The maximum Gasteiger partial charge on any atom is 0.247 e. The minimum atomic E-state index is -3.83. The van der Waals surface area contributed by atoms with Crippen LogP contribution in [0.3, 0.4) is 0 Å². The monoisotopic (exact) mass is 615 g/mol. The highest BCUT2D eigenvalue weighted by molar-refractivity contribution is 7.89. The summed E-state index contributed by atoms with van der Waals surface area (Å²) >= 11 is 0. The van der Waals surface area contributed by atoms with E-state index in [4.69, 9.17) is 4.98 Å². The molecule has 2 bridgehead atoms. The van der Waals surface area contributed by atoms with Crippen LogP contribution in [0, 0.1) is 11.3 Å². The first-order valence-electron chi connectivity index (χ1n) is 14.7. The van der Waals surface area contributed by atoms with Gasteiger partial charge in [-0.15, -0.1) is 5.10 Å². The Morgan fingerprint density at radius 1 is 1.07 bits per heavy atom. The van der Waals surface area contributed by atoms with Gasteiger partial charge in [-0.25, -0.2) is 12.9 Å². The number of anilines is 3. The number of pyridine rings is 1. The fourth-order valence-electron chi connectivity index (χ4n) is 6.48. The van der Waals surface area contributed by atoms with E-state index in [1.807, 2.05) is 29.3 Å². The van der Waals surface area contributed by atoms with E-state index < -0.39 is 10.0 Å². The maximum atomic E-state index is 13.7. The molecule has 44 heavy (non-hydrogen) atoms. The summed E-state index contributed by atoms with van der Waals surface area (Å²) in [6.45, 7) is 4.35. The van der Waals surface area contributed by atoms with E-state index in [0.29, 0.717) is 30.4 Å². The Morgan fingerprint density at radius 3 is 2.57 bits per heavy atom. The van der Waals surface area contributed by atoms with Crippen LogP contribution >= 0.6 is 0 Å². The van der Waals surface area contributed by atoms with E-state index in [1.54, 1.807) is 44.1 Å². The summed E-state index contributed by atoms with van der Waals surface area (Å²) in [6, 6.07) is 11.9. The smallest absolute Gasteiger partial charge is 0.247 e. The quantitative estimate of drug-likeness (QED) is 0.323. The number of fused-ring (bicyclic) bond motifs is 3. The molecule has 4 aromatic rings. The fourth-order valence-corrected chi connectivity index (χ4v) is 8.48. The lowest BCUT2D eigenvalue weighted by Crippen LogP contribution is -2.55. The van der Waals surface area contributed by atoms with E-state index in [1.165, 1.54) is 6.07 Å². The molecule has 3 saturated heterocycles. The fraction of sp³-hybridized carbons (Fsp3) is 0.414. The van der Waals surface area contributed by atoms with Gasteiger partial charge in [0.25, 0.3) is 0 Å². The number of amides is 1. The van der Waals surface area contributed by atoms with E-state index in [2.05, 4.69) is 32.4 Å². The van der Waals surface area contributed by atoms with Gasteiger partial charge in [0.1, 0.15) is 12.6 Å². The molecule has 3 fully saturated rings. The van der Waals surface area contributed by atoms with Crippen molar-refractivity contribution >= 4 is 38.9 Å². The average Bonchev–Trinajstić information content (AvgIpc) is 3.72. The molecular weight excluding hydrogens is 582 g/mol. The lowest BCUT2D eigenvalue weighted by molar-refractivity contribution is -0.133. The van der Waals surface area contributed by atoms with Crippen molar-refractivity contribution in [3.8, 4) is 6.07 Å². The Balaban J connectivity index is 1.06. The van der Waals surface area contributed by atoms with E-state index in [-0.39, 0.29) is 35.0 Å². The second kappa shape index (κ2) is 11.2. The lowest BCUT2D eigenvalue weighted by atomic mass is 10.2. The van der Waals surface area contributed by atoms with Gasteiger partial charge in [-0.2, -0.15) is 19.6 Å². The molecule has 0 spiro atoms. The number of carbonyl (C=O) groups excluding carboxylic acids is 1. The number of hydrogen-bond donors (Lipinski definition) is 1. The zero-order valence-corrected chi connectivity index (χ0v) is 25.1. The molecule has 2 atom stereocenters. The Labute approximate surface area is 255 Å². The number of likely N-dealkylation sites (N-methyl/N-ethyl adjacent to an activating group) is 1. The first-order valence-corrected chi connectivity index (χ1v) is 16.1. The van der Waals surface area contributed by atoms with Crippen LogP contribution in [0.4, 0.5) is 17.3 Å². The molecule has 0 radical (unpaired) electrons. The first kappa shape index (κ1) is 28.3. The molecule has 1 aromatic carbocycles. The van der Waals surface area contributed by atoms with E-state index in [0.717, 1.165) is 44.7 Å². The highest BCUT2D eigenvalue weighted by Crippen LogP contribution is 2.38. The standard InChI is InChI=1S/C29H33N11O3S/c1-35-11-13-36(14-12-35)27(41)20-38-17-22(16-31-38)32-29-33-28-25(6-4-10-39(28)34-29)37-18-23-8-9-24(19-37)40(23)44(42,43)26-7-3-2-5-21(26)15-30/h2-7,10,16-17,23-24H,8-9,11-14,18-20H2,1H3,(H,32,34). The average molecular weight is 616 g/mol. The third-order valence-corrected chi connectivity index (χ3v) is 10.8. The Hall–Kier alpha value is -4.52.